The molecule has 67 heavy (non-hydrogen) atoms. The number of aliphatic hydroxyl groups is 5. The zero-order valence-electron chi connectivity index (χ0n) is 40.6. The number of methoxy groups -OCH3 is 2. The van der Waals surface area contributed by atoms with Crippen LogP contribution in [0, 0.1) is 34.5 Å². The summed E-state index contributed by atoms with van der Waals surface area (Å²) in [6.45, 7) is 13.9. The Morgan fingerprint density at radius 1 is 0.746 bits per heavy atom. The third-order valence-corrected chi connectivity index (χ3v) is 17.9. The van der Waals surface area contributed by atoms with Crippen molar-refractivity contribution in [3.05, 3.63) is 0 Å². The number of carbonyl (C=O) groups excluding carboxylic acids is 3. The normalized spacial score (nSPS) is 51.9. The van der Waals surface area contributed by atoms with Crippen LogP contribution in [0.2, 0.25) is 0 Å². The summed E-state index contributed by atoms with van der Waals surface area (Å²) in [6.07, 6.45) is -11.5. The van der Waals surface area contributed by atoms with Crippen LogP contribution in [0.4, 0.5) is 0 Å². The number of epoxide rings is 1. The number of ether oxygens (including phenoxy) is 11. The van der Waals surface area contributed by atoms with Gasteiger partial charge in [0.2, 0.25) is 0 Å². The van der Waals surface area contributed by atoms with E-state index in [9.17, 15) is 39.9 Å². The molecule has 8 aliphatic rings. The van der Waals surface area contributed by atoms with E-state index in [4.69, 9.17) is 52.1 Å². The molecule has 19 nitrogen and oxygen atoms in total. The Balaban J connectivity index is 0.942. The first kappa shape index (κ1) is 51.4. The van der Waals surface area contributed by atoms with Gasteiger partial charge >= 0.3 is 11.9 Å². The molecule has 19 heteroatoms. The van der Waals surface area contributed by atoms with Crippen molar-refractivity contribution in [2.45, 2.75) is 229 Å². The molecule has 2 spiro atoms. The lowest BCUT2D eigenvalue weighted by molar-refractivity contribution is -0.371. The molecule has 8 fully saturated rings. The van der Waals surface area contributed by atoms with Crippen LogP contribution in [0.3, 0.4) is 0 Å². The van der Waals surface area contributed by atoms with Crippen molar-refractivity contribution in [3.8, 4) is 0 Å². The van der Waals surface area contributed by atoms with Gasteiger partial charge in [0.15, 0.2) is 18.9 Å². The maximum atomic E-state index is 13.8. The molecule has 0 aromatic rings. The monoisotopic (exact) mass is 956 g/mol. The van der Waals surface area contributed by atoms with Gasteiger partial charge in [0.05, 0.1) is 36.9 Å². The molecule has 4 saturated carbocycles. The Kier molecular flexibility index (Phi) is 14.8. The van der Waals surface area contributed by atoms with Gasteiger partial charge < -0.3 is 77.6 Å². The molecule has 0 aromatic heterocycles. The number of carbonyl (C=O) groups is 3. The van der Waals surface area contributed by atoms with Gasteiger partial charge in [-0.05, 0) is 83.5 Å². The van der Waals surface area contributed by atoms with Gasteiger partial charge in [0.25, 0.3) is 0 Å². The first-order valence-corrected chi connectivity index (χ1v) is 24.6. The van der Waals surface area contributed by atoms with Gasteiger partial charge in [-0.25, -0.2) is 0 Å². The topological polar surface area (TPSA) is 257 Å². The zero-order chi connectivity index (χ0) is 48.7. The highest BCUT2D eigenvalue weighted by Crippen LogP contribution is 2.81. The quantitative estimate of drug-likeness (QED) is 0.0946. The highest BCUT2D eigenvalue weighted by Gasteiger charge is 2.91. The summed E-state index contributed by atoms with van der Waals surface area (Å²) < 4.78 is 69.0. The van der Waals surface area contributed by atoms with Crippen molar-refractivity contribution >= 4 is 17.7 Å². The van der Waals surface area contributed by atoms with E-state index in [2.05, 4.69) is 6.92 Å². The average Bonchev–Trinajstić information content (AvgIpc) is 3.84. The van der Waals surface area contributed by atoms with Crippen molar-refractivity contribution in [3.63, 3.8) is 0 Å². The molecule has 5 N–H and O–H groups in total. The molecule has 0 amide bonds. The van der Waals surface area contributed by atoms with Crippen LogP contribution >= 0.6 is 0 Å². The molecule has 0 bridgehead atoms. The molecular formula is C48H76O19. The van der Waals surface area contributed by atoms with E-state index in [0.717, 1.165) is 19.3 Å². The van der Waals surface area contributed by atoms with Gasteiger partial charge in [-0.3, -0.25) is 14.4 Å². The minimum atomic E-state index is -1.66. The number of fused-ring (bicyclic) bond motifs is 2. The highest BCUT2D eigenvalue weighted by atomic mass is 16.8. The number of hydrogen-bond acceptors (Lipinski definition) is 19. The molecule has 0 aromatic carbocycles. The first-order chi connectivity index (χ1) is 31.7. The molecule has 4 aliphatic heterocycles. The minimum Gasteiger partial charge on any atom is -0.458 e. The van der Waals surface area contributed by atoms with Crippen molar-refractivity contribution in [2.75, 3.05) is 20.8 Å². The maximum Gasteiger partial charge on any atom is 0.309 e. The van der Waals surface area contributed by atoms with Crippen molar-refractivity contribution in [1.82, 2.24) is 0 Å². The summed E-state index contributed by atoms with van der Waals surface area (Å²) >= 11 is 0. The predicted molar refractivity (Wildman–Crippen MR) is 230 cm³/mol. The van der Waals surface area contributed by atoms with E-state index in [1.54, 1.807) is 21.0 Å². The predicted octanol–water partition coefficient (Wildman–Crippen LogP) is 1.85. The van der Waals surface area contributed by atoms with Crippen LogP contribution in [0.5, 0.6) is 0 Å². The van der Waals surface area contributed by atoms with Crippen molar-refractivity contribution < 1.29 is 92.0 Å². The van der Waals surface area contributed by atoms with Gasteiger partial charge in [0, 0.05) is 44.8 Å². The molecule has 4 aliphatic carbocycles. The van der Waals surface area contributed by atoms with E-state index >= 15 is 0 Å². The molecule has 0 radical (unpaired) electrons. The van der Waals surface area contributed by atoms with Crippen LogP contribution in [0.15, 0.2) is 0 Å². The minimum absolute atomic E-state index is 0.0172. The van der Waals surface area contributed by atoms with Crippen molar-refractivity contribution in [1.29, 1.82) is 0 Å². The lowest BCUT2D eigenvalue weighted by Crippen LogP contribution is -2.70. The lowest BCUT2D eigenvalue weighted by Gasteiger charge is -2.61. The second-order valence-electron chi connectivity index (χ2n) is 21.4. The van der Waals surface area contributed by atoms with Gasteiger partial charge in [-0.15, -0.1) is 0 Å². The smallest absolute Gasteiger partial charge is 0.309 e. The molecule has 4 heterocycles. The number of hydrogen-bond donors (Lipinski definition) is 5. The number of aliphatic hydroxyl groups excluding tert-OH is 5. The molecule has 382 valence electrons. The van der Waals surface area contributed by atoms with Crippen LogP contribution in [0.25, 0.3) is 0 Å². The molecule has 4 saturated heterocycles. The van der Waals surface area contributed by atoms with Crippen LogP contribution in [-0.4, -0.2) is 180 Å². The number of ketones is 1. The summed E-state index contributed by atoms with van der Waals surface area (Å²) in [7, 11) is 2.95. The zero-order valence-corrected chi connectivity index (χ0v) is 40.6. The fraction of sp³-hybridized carbons (Fsp3) is 0.938. The van der Waals surface area contributed by atoms with Gasteiger partial charge in [-0.1, -0.05) is 27.7 Å². The summed E-state index contributed by atoms with van der Waals surface area (Å²) in [5.41, 5.74) is -2.59. The average molecular weight is 957 g/mol. The largest absolute Gasteiger partial charge is 0.458 e. The van der Waals surface area contributed by atoms with Crippen molar-refractivity contribution in [2.24, 2.45) is 34.5 Å². The Labute approximate surface area is 393 Å². The van der Waals surface area contributed by atoms with Crippen LogP contribution in [-0.2, 0) is 66.5 Å². The summed E-state index contributed by atoms with van der Waals surface area (Å²) in [5.74, 6) is -1.75. The summed E-state index contributed by atoms with van der Waals surface area (Å²) in [6, 6.07) is 0. The van der Waals surface area contributed by atoms with Gasteiger partial charge in [0.1, 0.15) is 78.0 Å². The third kappa shape index (κ3) is 8.33. The highest BCUT2D eigenvalue weighted by molar-refractivity contribution is 5.81. The number of rotatable bonds is 14. The standard InChI is InChI=1S/C48H76O19/c1-11-21(2)42(56)64-39-40-45(7)15-13-27(18-26(45)12-16-47(40)48(67-47)17-14-28(22(3)50)46(48,8)41(39)61-25(6)51)62-31-19-29(57-9)36(23(4)59-31)65-44-35(55)38(58-10)37(24(5)60-44)66-43-34(54)33(53)32(52)30(20-49)63-43/h21,23-24,26-41,43-44,49,52-55H,11-20H2,1-10H3/t21-,23+,24+,26-,27-,28-,29+,30+,31-,32+,33-,34+,35+,36+,37+,38-,39-,40+,41+,43-,44-,45-,46-,47-,48+/m0/s1. The summed E-state index contributed by atoms with van der Waals surface area (Å²) in [5, 5.41) is 52.3. The van der Waals surface area contributed by atoms with E-state index in [1.807, 2.05) is 27.7 Å². The van der Waals surface area contributed by atoms with Crippen LogP contribution < -0.4 is 0 Å². The van der Waals surface area contributed by atoms with E-state index < -0.39 is 133 Å². The molecule has 0 unspecified atom stereocenters. The van der Waals surface area contributed by atoms with Crippen LogP contribution in [0.1, 0.15) is 113 Å². The Hall–Kier alpha value is -1.95. The summed E-state index contributed by atoms with van der Waals surface area (Å²) in [4.78, 5) is 40.2. The first-order valence-electron chi connectivity index (χ1n) is 24.6. The second kappa shape index (κ2) is 19.2. The molecule has 25 atom stereocenters. The lowest BCUT2D eigenvalue weighted by atomic mass is 9.43. The third-order valence-electron chi connectivity index (χ3n) is 17.9. The number of Topliss-reactive ketones (excluding diaryl/α,β-unsaturated/α-hetero) is 1. The van der Waals surface area contributed by atoms with E-state index in [1.165, 1.54) is 14.0 Å². The molecular weight excluding hydrogens is 881 g/mol. The Bertz CT molecular complexity index is 1800. The second-order valence-corrected chi connectivity index (χ2v) is 21.4. The Morgan fingerprint density at radius 2 is 1.43 bits per heavy atom. The Morgan fingerprint density at radius 3 is 2.07 bits per heavy atom. The maximum absolute atomic E-state index is 13.8. The SMILES string of the molecule is CC[C@H](C)C(=O)O[C@@H]1[C@@H](OC(C)=O)[C@]2(C)[C@H](C(C)=O)CC[C@@]23O[C@]32CC[C@H]3C[C@@H](O[C@H]4C[C@@H](OC)[C@H](O[C@@H]5O[C@H](C)[C@@H](O[C@@H]6O[C@H](CO)[C@@H](O)[C@H](O)[C@H]6O)[C@@H](OC)[C@H]5O)[C@@H](C)O4)CC[C@]3(C)[C@@H]12. The molecule has 8 rings (SSSR count). The fourth-order valence-electron chi connectivity index (χ4n) is 14.2. The van der Waals surface area contributed by atoms with Gasteiger partial charge in [-0.2, -0.15) is 0 Å². The van der Waals surface area contributed by atoms with E-state index in [0.29, 0.717) is 38.5 Å². The number of esters is 2. The van der Waals surface area contributed by atoms with E-state index in [-0.39, 0.29) is 41.0 Å². The fourth-order valence-corrected chi connectivity index (χ4v) is 14.2.